The summed E-state index contributed by atoms with van der Waals surface area (Å²) in [7, 11) is 2.33. The summed E-state index contributed by atoms with van der Waals surface area (Å²) >= 11 is 1.96. The first kappa shape index (κ1) is 14.6. The first-order valence-electron chi connectivity index (χ1n) is 8.15. The summed E-state index contributed by atoms with van der Waals surface area (Å²) in [6, 6.07) is 3.89. The molecule has 3 heteroatoms. The van der Waals surface area contributed by atoms with Crippen molar-refractivity contribution in [3.8, 4) is 0 Å². The van der Waals surface area contributed by atoms with Crippen LogP contribution in [0.2, 0.25) is 0 Å². The van der Waals surface area contributed by atoms with Gasteiger partial charge in [-0.1, -0.05) is 6.42 Å². The predicted octanol–water partition coefficient (Wildman–Crippen LogP) is 3.89. The van der Waals surface area contributed by atoms with Crippen LogP contribution in [0.1, 0.15) is 53.5 Å². The summed E-state index contributed by atoms with van der Waals surface area (Å²) in [5.41, 5.74) is 1.60. The fraction of sp³-hybridized carbons (Fsp3) is 0.765. The average molecular weight is 292 g/mol. The van der Waals surface area contributed by atoms with Gasteiger partial charge in [0, 0.05) is 28.4 Å². The molecule has 112 valence electrons. The number of hydrogen-bond acceptors (Lipinski definition) is 3. The number of hydrogen-bond donors (Lipinski definition) is 1. The van der Waals surface area contributed by atoms with Crippen molar-refractivity contribution in [1.82, 2.24) is 10.2 Å². The van der Waals surface area contributed by atoms with Crippen molar-refractivity contribution in [2.75, 3.05) is 20.1 Å². The molecule has 0 radical (unpaired) electrons. The molecular formula is C17H28N2S. The molecule has 2 unspecified atom stereocenters. The van der Waals surface area contributed by atoms with Crippen molar-refractivity contribution in [2.24, 2.45) is 5.92 Å². The molecule has 1 saturated heterocycles. The maximum atomic E-state index is 3.78. The van der Waals surface area contributed by atoms with Crippen molar-refractivity contribution in [1.29, 1.82) is 0 Å². The lowest BCUT2D eigenvalue weighted by Crippen LogP contribution is -2.35. The molecule has 0 amide bonds. The van der Waals surface area contributed by atoms with E-state index in [4.69, 9.17) is 0 Å². The zero-order valence-corrected chi connectivity index (χ0v) is 13.9. The lowest BCUT2D eigenvalue weighted by atomic mass is 9.89. The van der Waals surface area contributed by atoms with Crippen LogP contribution in [0.5, 0.6) is 0 Å². The minimum atomic E-state index is 0.619. The second kappa shape index (κ2) is 6.17. The topological polar surface area (TPSA) is 15.3 Å². The van der Waals surface area contributed by atoms with Crippen LogP contribution in [0.4, 0.5) is 0 Å². The van der Waals surface area contributed by atoms with Gasteiger partial charge in [-0.15, -0.1) is 11.3 Å². The van der Waals surface area contributed by atoms with Crippen molar-refractivity contribution in [3.05, 3.63) is 21.4 Å². The van der Waals surface area contributed by atoms with E-state index >= 15 is 0 Å². The van der Waals surface area contributed by atoms with Crippen LogP contribution < -0.4 is 5.32 Å². The number of nitrogens with zero attached hydrogens (tertiary/aromatic N) is 1. The van der Waals surface area contributed by atoms with Crippen LogP contribution in [-0.4, -0.2) is 31.1 Å². The van der Waals surface area contributed by atoms with Gasteiger partial charge in [0.2, 0.25) is 0 Å². The monoisotopic (exact) mass is 292 g/mol. The minimum Gasteiger partial charge on any atom is -0.314 e. The van der Waals surface area contributed by atoms with Crippen molar-refractivity contribution >= 4 is 11.3 Å². The molecule has 0 aromatic carbocycles. The van der Waals surface area contributed by atoms with Crippen LogP contribution in [0, 0.1) is 19.8 Å². The number of aryl methyl sites for hydroxylation is 2. The lowest BCUT2D eigenvalue weighted by Gasteiger charge is -2.33. The van der Waals surface area contributed by atoms with Gasteiger partial charge in [0.25, 0.3) is 0 Å². The van der Waals surface area contributed by atoms with Gasteiger partial charge < -0.3 is 5.32 Å². The van der Waals surface area contributed by atoms with Gasteiger partial charge in [-0.2, -0.15) is 0 Å². The van der Waals surface area contributed by atoms with Gasteiger partial charge in [-0.3, -0.25) is 4.90 Å². The third-order valence-electron chi connectivity index (χ3n) is 4.90. The summed E-state index contributed by atoms with van der Waals surface area (Å²) in [6.45, 7) is 7.00. The van der Waals surface area contributed by atoms with Gasteiger partial charge in [0.1, 0.15) is 0 Å². The number of likely N-dealkylation sites (tertiary alicyclic amines) is 1. The Morgan fingerprint density at radius 1 is 1.25 bits per heavy atom. The third kappa shape index (κ3) is 3.26. The van der Waals surface area contributed by atoms with Crippen molar-refractivity contribution < 1.29 is 0 Å². The normalized spacial score (nSPS) is 28.6. The number of thiophene rings is 1. The van der Waals surface area contributed by atoms with Gasteiger partial charge in [-0.25, -0.2) is 0 Å². The van der Waals surface area contributed by atoms with Crippen LogP contribution >= 0.6 is 11.3 Å². The van der Waals surface area contributed by atoms with Crippen LogP contribution in [0.15, 0.2) is 6.07 Å². The summed E-state index contributed by atoms with van der Waals surface area (Å²) in [4.78, 5) is 5.60. The highest BCUT2D eigenvalue weighted by molar-refractivity contribution is 7.12. The quantitative estimate of drug-likeness (QED) is 0.905. The first-order valence-corrected chi connectivity index (χ1v) is 8.97. The van der Waals surface area contributed by atoms with E-state index in [-0.39, 0.29) is 0 Å². The zero-order valence-electron chi connectivity index (χ0n) is 13.1. The van der Waals surface area contributed by atoms with Gasteiger partial charge in [0.15, 0.2) is 0 Å². The molecule has 2 aliphatic rings. The van der Waals surface area contributed by atoms with Gasteiger partial charge in [0.05, 0.1) is 0 Å². The second-order valence-corrected chi connectivity index (χ2v) is 8.19. The summed E-state index contributed by atoms with van der Waals surface area (Å²) in [5.74, 6) is 0.774. The Kier molecular flexibility index (Phi) is 4.49. The fourth-order valence-corrected chi connectivity index (χ4v) is 4.65. The van der Waals surface area contributed by atoms with Crippen LogP contribution in [-0.2, 0) is 0 Å². The van der Waals surface area contributed by atoms with Crippen molar-refractivity contribution in [3.63, 3.8) is 0 Å². The molecule has 2 heterocycles. The molecule has 1 aliphatic heterocycles. The second-order valence-electron chi connectivity index (χ2n) is 6.73. The van der Waals surface area contributed by atoms with E-state index in [1.807, 2.05) is 11.3 Å². The van der Waals surface area contributed by atoms with E-state index < -0.39 is 0 Å². The molecule has 2 nitrogen and oxygen atoms in total. The molecule has 2 fully saturated rings. The highest BCUT2D eigenvalue weighted by Crippen LogP contribution is 2.38. The van der Waals surface area contributed by atoms with E-state index in [9.17, 15) is 0 Å². The molecular weight excluding hydrogens is 264 g/mol. The highest BCUT2D eigenvalue weighted by atomic mass is 32.1. The number of rotatable bonds is 4. The predicted molar refractivity (Wildman–Crippen MR) is 87.5 cm³/mol. The zero-order chi connectivity index (χ0) is 14.1. The molecule has 1 saturated carbocycles. The largest absolute Gasteiger partial charge is 0.314 e. The molecule has 20 heavy (non-hydrogen) atoms. The van der Waals surface area contributed by atoms with Crippen molar-refractivity contribution in [2.45, 2.75) is 58.0 Å². The molecule has 1 aliphatic carbocycles. The molecule has 1 aromatic heterocycles. The Hall–Kier alpha value is -0.380. The van der Waals surface area contributed by atoms with E-state index in [2.05, 4.69) is 37.2 Å². The SMILES string of the molecule is Cc1cc(C2C(CNC3CC3)CCCCN2C)c(C)s1. The van der Waals surface area contributed by atoms with E-state index in [0.29, 0.717) is 6.04 Å². The average Bonchev–Trinajstić information content (AvgIpc) is 3.18. The summed E-state index contributed by atoms with van der Waals surface area (Å²) in [6.07, 6.45) is 6.91. The Morgan fingerprint density at radius 2 is 2.05 bits per heavy atom. The lowest BCUT2D eigenvalue weighted by molar-refractivity contribution is 0.188. The molecule has 2 atom stereocenters. The first-order chi connectivity index (χ1) is 9.65. The Bertz CT molecular complexity index is 450. The summed E-state index contributed by atoms with van der Waals surface area (Å²) < 4.78 is 0. The van der Waals surface area contributed by atoms with E-state index in [1.54, 1.807) is 5.56 Å². The van der Waals surface area contributed by atoms with Gasteiger partial charge in [-0.05, 0) is 70.7 Å². The molecule has 1 N–H and O–H groups in total. The number of nitrogens with one attached hydrogen (secondary N) is 1. The fourth-order valence-electron chi connectivity index (χ4n) is 3.68. The molecule has 1 aromatic rings. The Labute approximate surface area is 127 Å². The standard InChI is InChI=1S/C17H28N2S/c1-12-10-16(13(2)20-12)17-14(11-18-15-7-8-15)6-4-5-9-19(17)3/h10,14-15,17-18H,4-9,11H2,1-3H3. The van der Waals surface area contributed by atoms with Crippen LogP contribution in [0.3, 0.4) is 0 Å². The van der Waals surface area contributed by atoms with Crippen LogP contribution in [0.25, 0.3) is 0 Å². The molecule has 3 rings (SSSR count). The van der Waals surface area contributed by atoms with E-state index in [1.165, 1.54) is 54.9 Å². The maximum Gasteiger partial charge on any atom is 0.0396 e. The van der Waals surface area contributed by atoms with E-state index in [0.717, 1.165) is 12.0 Å². The molecule has 0 bridgehead atoms. The highest BCUT2D eigenvalue weighted by Gasteiger charge is 2.32. The molecule has 0 spiro atoms. The minimum absolute atomic E-state index is 0.619. The van der Waals surface area contributed by atoms with Gasteiger partial charge >= 0.3 is 0 Å². The maximum absolute atomic E-state index is 3.78. The summed E-state index contributed by atoms with van der Waals surface area (Å²) in [5, 5.41) is 3.78. The Morgan fingerprint density at radius 3 is 2.70 bits per heavy atom. The Balaban J connectivity index is 1.81. The third-order valence-corrected chi connectivity index (χ3v) is 5.88. The smallest absolute Gasteiger partial charge is 0.0396 e.